The number of rotatable bonds is 1. The van der Waals surface area contributed by atoms with Gasteiger partial charge in [0.05, 0.1) is 15.9 Å². The molecule has 20 heavy (non-hydrogen) atoms. The van der Waals surface area contributed by atoms with Crippen molar-refractivity contribution >= 4 is 31.9 Å². The predicted octanol–water partition coefficient (Wildman–Crippen LogP) is 3.25. The van der Waals surface area contributed by atoms with E-state index in [9.17, 15) is 8.42 Å². The maximum atomic E-state index is 11.2. The summed E-state index contributed by atoms with van der Waals surface area (Å²) < 4.78 is 31.5. The van der Waals surface area contributed by atoms with Gasteiger partial charge in [0.15, 0.2) is 0 Å². The van der Waals surface area contributed by atoms with E-state index in [1.54, 1.807) is 6.07 Å². The summed E-state index contributed by atoms with van der Waals surface area (Å²) in [5.41, 5.74) is 3.53. The molecular weight excluding hydrogens is 274 g/mol. The van der Waals surface area contributed by atoms with Crippen LogP contribution in [0.15, 0.2) is 41.3 Å². The third-order valence-electron chi connectivity index (χ3n) is 3.47. The predicted molar refractivity (Wildman–Crippen MR) is 78.5 cm³/mol. The van der Waals surface area contributed by atoms with Gasteiger partial charge in [-0.1, -0.05) is 18.2 Å². The topological polar surface area (TPSA) is 67.3 Å². The number of pyridine rings is 1. The number of benzene rings is 2. The first kappa shape index (κ1) is 13.0. The van der Waals surface area contributed by atoms with Gasteiger partial charge in [0, 0.05) is 10.8 Å². The largest absolute Gasteiger partial charge is 0.294 e. The lowest BCUT2D eigenvalue weighted by Crippen LogP contribution is -1.98. The van der Waals surface area contributed by atoms with Crippen LogP contribution in [0, 0.1) is 13.8 Å². The molecule has 0 bridgehead atoms. The van der Waals surface area contributed by atoms with Crippen molar-refractivity contribution in [3.63, 3.8) is 0 Å². The highest BCUT2D eigenvalue weighted by Crippen LogP contribution is 2.27. The van der Waals surface area contributed by atoms with E-state index < -0.39 is 10.1 Å². The van der Waals surface area contributed by atoms with Gasteiger partial charge in [-0.05, 0) is 43.2 Å². The molecule has 0 spiro atoms. The van der Waals surface area contributed by atoms with Crippen molar-refractivity contribution in [1.29, 1.82) is 0 Å². The third kappa shape index (κ3) is 2.05. The minimum Gasteiger partial charge on any atom is -0.282 e. The summed E-state index contributed by atoms with van der Waals surface area (Å²) in [6, 6.07) is 10.5. The van der Waals surface area contributed by atoms with Gasteiger partial charge in [-0.15, -0.1) is 0 Å². The fourth-order valence-electron chi connectivity index (χ4n) is 2.41. The van der Waals surface area contributed by atoms with Gasteiger partial charge >= 0.3 is 0 Å². The zero-order valence-electron chi connectivity index (χ0n) is 11.1. The Bertz CT molecular complexity index is 946. The van der Waals surface area contributed by atoms with Crippen molar-refractivity contribution < 1.29 is 13.0 Å². The first-order valence-corrected chi connectivity index (χ1v) is 7.58. The molecule has 0 aliphatic carbocycles. The summed E-state index contributed by atoms with van der Waals surface area (Å²) in [6.45, 7) is 3.96. The van der Waals surface area contributed by atoms with Crippen LogP contribution in [0.3, 0.4) is 0 Å². The highest BCUT2D eigenvalue weighted by molar-refractivity contribution is 7.85. The molecule has 1 N–H and O–H groups in total. The molecule has 1 heterocycles. The Balaban J connectivity index is 2.44. The van der Waals surface area contributed by atoms with Crippen LogP contribution < -0.4 is 0 Å². The molecule has 3 rings (SSSR count). The lowest BCUT2D eigenvalue weighted by Gasteiger charge is -2.08. The summed E-state index contributed by atoms with van der Waals surface area (Å²) in [6.07, 6.45) is 0. The van der Waals surface area contributed by atoms with Crippen LogP contribution in [0.1, 0.15) is 11.1 Å². The Hall–Kier alpha value is -1.98. The first-order valence-electron chi connectivity index (χ1n) is 6.14. The van der Waals surface area contributed by atoms with Crippen molar-refractivity contribution in [2.45, 2.75) is 18.7 Å². The molecule has 0 unspecified atom stereocenters. The van der Waals surface area contributed by atoms with Gasteiger partial charge in [-0.2, -0.15) is 8.42 Å². The Morgan fingerprint density at radius 2 is 1.55 bits per heavy atom. The summed E-state index contributed by atoms with van der Waals surface area (Å²) >= 11 is 0. The lowest BCUT2D eigenvalue weighted by molar-refractivity contribution is 0.483. The average Bonchev–Trinajstić information content (AvgIpc) is 2.37. The molecule has 0 amide bonds. The molecular formula is C15H13NO3S. The molecule has 0 fully saturated rings. The summed E-state index contributed by atoms with van der Waals surface area (Å²) in [5, 5.41) is 1.93. The van der Waals surface area contributed by atoms with Crippen molar-refractivity contribution in [2.24, 2.45) is 0 Å². The molecule has 0 radical (unpaired) electrons. The van der Waals surface area contributed by atoms with Crippen LogP contribution >= 0.6 is 0 Å². The van der Waals surface area contributed by atoms with Crippen molar-refractivity contribution in [1.82, 2.24) is 4.98 Å². The summed E-state index contributed by atoms with van der Waals surface area (Å²) in [7, 11) is -4.21. The van der Waals surface area contributed by atoms with Gasteiger partial charge in [-0.3, -0.25) is 4.55 Å². The molecule has 2 aromatic carbocycles. The van der Waals surface area contributed by atoms with Gasteiger partial charge in [0.2, 0.25) is 0 Å². The van der Waals surface area contributed by atoms with Crippen LogP contribution in [-0.2, 0) is 10.1 Å². The Kier molecular flexibility index (Phi) is 2.77. The van der Waals surface area contributed by atoms with E-state index in [0.29, 0.717) is 5.52 Å². The standard InChI is InChI=1S/C15H13NO3S/c1-9-3-5-12-10(2)13-6-4-11(20(17,18)19)8-15(13)16-14(12)7-9/h3-8H,1-2H3,(H,17,18,19). The molecule has 0 aliphatic heterocycles. The number of hydrogen-bond donors (Lipinski definition) is 1. The fraction of sp³-hybridized carbons (Fsp3) is 0.133. The van der Waals surface area contributed by atoms with Gasteiger partial charge < -0.3 is 0 Å². The second-order valence-corrected chi connectivity index (χ2v) is 6.33. The first-order chi connectivity index (χ1) is 9.36. The molecule has 0 atom stereocenters. The van der Waals surface area contributed by atoms with Crippen LogP contribution in [-0.4, -0.2) is 18.0 Å². The van der Waals surface area contributed by atoms with Crippen LogP contribution in [0.5, 0.6) is 0 Å². The Morgan fingerprint density at radius 3 is 2.20 bits per heavy atom. The van der Waals surface area contributed by atoms with Crippen LogP contribution in [0.4, 0.5) is 0 Å². The fourth-order valence-corrected chi connectivity index (χ4v) is 2.91. The molecule has 4 nitrogen and oxygen atoms in total. The lowest BCUT2D eigenvalue weighted by atomic mass is 10.0. The Labute approximate surface area is 116 Å². The number of aromatic nitrogens is 1. The molecule has 0 saturated carbocycles. The van der Waals surface area contributed by atoms with E-state index in [1.807, 2.05) is 32.0 Å². The highest BCUT2D eigenvalue weighted by Gasteiger charge is 2.12. The minimum atomic E-state index is -4.21. The van der Waals surface area contributed by atoms with Gasteiger partial charge in [-0.25, -0.2) is 4.98 Å². The molecule has 3 aromatic rings. The number of fused-ring (bicyclic) bond motifs is 2. The van der Waals surface area contributed by atoms with Crippen LogP contribution in [0.25, 0.3) is 21.8 Å². The van der Waals surface area contributed by atoms with E-state index in [0.717, 1.165) is 27.4 Å². The second-order valence-electron chi connectivity index (χ2n) is 4.91. The zero-order valence-corrected chi connectivity index (χ0v) is 11.9. The number of hydrogen-bond acceptors (Lipinski definition) is 3. The maximum Gasteiger partial charge on any atom is 0.294 e. The minimum absolute atomic E-state index is 0.135. The van der Waals surface area contributed by atoms with E-state index in [4.69, 9.17) is 4.55 Å². The smallest absolute Gasteiger partial charge is 0.282 e. The second kappa shape index (κ2) is 4.26. The number of nitrogens with zero attached hydrogens (tertiary/aromatic N) is 1. The highest BCUT2D eigenvalue weighted by atomic mass is 32.2. The quantitative estimate of drug-likeness (QED) is 0.551. The van der Waals surface area contributed by atoms with E-state index in [-0.39, 0.29) is 4.90 Å². The number of aryl methyl sites for hydroxylation is 2. The molecule has 0 aliphatic rings. The van der Waals surface area contributed by atoms with E-state index >= 15 is 0 Å². The molecule has 1 aromatic heterocycles. The van der Waals surface area contributed by atoms with Crippen LogP contribution in [0.2, 0.25) is 0 Å². The summed E-state index contributed by atoms with van der Waals surface area (Å²) in [4.78, 5) is 4.36. The molecule has 0 saturated heterocycles. The maximum absolute atomic E-state index is 11.2. The van der Waals surface area contributed by atoms with Gasteiger partial charge in [0.25, 0.3) is 10.1 Å². The summed E-state index contributed by atoms with van der Waals surface area (Å²) in [5.74, 6) is 0. The van der Waals surface area contributed by atoms with Gasteiger partial charge in [0.1, 0.15) is 0 Å². The van der Waals surface area contributed by atoms with E-state index in [2.05, 4.69) is 4.98 Å². The molecule has 102 valence electrons. The van der Waals surface area contributed by atoms with E-state index in [1.165, 1.54) is 12.1 Å². The molecule has 5 heteroatoms. The third-order valence-corrected chi connectivity index (χ3v) is 4.32. The van der Waals surface area contributed by atoms with Crippen molar-refractivity contribution in [3.8, 4) is 0 Å². The zero-order chi connectivity index (χ0) is 14.5. The SMILES string of the molecule is Cc1ccc2c(C)c3ccc(S(=O)(=O)O)cc3nc2c1. The van der Waals surface area contributed by atoms with Crippen molar-refractivity contribution in [2.75, 3.05) is 0 Å². The van der Waals surface area contributed by atoms with Crippen molar-refractivity contribution in [3.05, 3.63) is 47.5 Å². The monoisotopic (exact) mass is 287 g/mol. The normalized spacial score (nSPS) is 12.2. The average molecular weight is 287 g/mol. The Morgan fingerprint density at radius 1 is 0.950 bits per heavy atom.